The first-order valence-electron chi connectivity index (χ1n) is 1.85. The third-order valence-electron chi connectivity index (χ3n) is 0.646. The molecule has 4 nitrogen and oxygen atoms in total. The van der Waals surface area contributed by atoms with Crippen LogP contribution in [0.3, 0.4) is 0 Å². The fourth-order valence-corrected chi connectivity index (χ4v) is 0.338. The highest BCUT2D eigenvalue weighted by Gasteiger charge is 2.07. The summed E-state index contributed by atoms with van der Waals surface area (Å²) in [6.45, 7) is 0.496. The molecule has 0 aromatic carbocycles. The lowest BCUT2D eigenvalue weighted by Crippen LogP contribution is -1.96. The second kappa shape index (κ2) is 1.79. The summed E-state index contributed by atoms with van der Waals surface area (Å²) in [7, 11) is 0. The predicted molar refractivity (Wildman–Crippen MR) is 21.1 cm³/mol. The molecule has 1 aliphatic heterocycles. The third kappa shape index (κ3) is 0.806. The van der Waals surface area contributed by atoms with Gasteiger partial charge < -0.3 is 14.7 Å². The summed E-state index contributed by atoms with van der Waals surface area (Å²) in [5.74, 6) is 0.250. The molecule has 1 fully saturated rings. The molecule has 1 heterocycles. The topological polar surface area (TPSA) is 51.1 Å². The predicted octanol–water partition coefficient (Wildman–Crippen LogP) is -0.222. The van der Waals surface area contributed by atoms with Gasteiger partial charge in [0.05, 0.1) is 0 Å². The molecule has 0 aromatic heterocycles. The maximum absolute atomic E-state index is 7.95. The molecule has 0 unspecified atom stereocenters. The van der Waals surface area contributed by atoms with Crippen LogP contribution in [0.25, 0.3) is 0 Å². The van der Waals surface area contributed by atoms with E-state index in [0.29, 0.717) is 0 Å². The van der Waals surface area contributed by atoms with E-state index >= 15 is 0 Å². The first-order valence-corrected chi connectivity index (χ1v) is 1.85. The van der Waals surface area contributed by atoms with Crippen LogP contribution in [-0.4, -0.2) is 24.5 Å². The van der Waals surface area contributed by atoms with Crippen molar-refractivity contribution < 1.29 is 14.7 Å². The highest BCUT2D eigenvalue weighted by Crippen LogP contribution is 1.92. The van der Waals surface area contributed by atoms with Gasteiger partial charge in [-0.3, -0.25) is 0 Å². The van der Waals surface area contributed by atoms with Gasteiger partial charge in [0.15, 0.2) is 6.79 Å². The SMILES string of the molecule is O/N=C1/COCO1. The Morgan fingerprint density at radius 1 is 1.71 bits per heavy atom. The molecule has 7 heavy (non-hydrogen) atoms. The minimum atomic E-state index is 0.208. The van der Waals surface area contributed by atoms with E-state index in [1.54, 1.807) is 0 Å². The maximum Gasteiger partial charge on any atom is 0.254 e. The van der Waals surface area contributed by atoms with Gasteiger partial charge >= 0.3 is 0 Å². The molecule has 1 saturated heterocycles. The van der Waals surface area contributed by atoms with Gasteiger partial charge in [-0.25, -0.2) is 0 Å². The van der Waals surface area contributed by atoms with Crippen LogP contribution in [0.15, 0.2) is 5.16 Å². The second-order valence-corrected chi connectivity index (χ2v) is 1.10. The zero-order chi connectivity index (χ0) is 5.11. The normalized spacial score (nSPS) is 25.4. The van der Waals surface area contributed by atoms with Crippen LogP contribution in [0.5, 0.6) is 0 Å². The van der Waals surface area contributed by atoms with E-state index in [9.17, 15) is 0 Å². The zero-order valence-corrected chi connectivity index (χ0v) is 3.63. The van der Waals surface area contributed by atoms with Crippen LogP contribution in [0.4, 0.5) is 0 Å². The van der Waals surface area contributed by atoms with Gasteiger partial charge in [-0.1, -0.05) is 5.16 Å². The van der Waals surface area contributed by atoms with Gasteiger partial charge in [0, 0.05) is 0 Å². The Labute approximate surface area is 40.3 Å². The summed E-state index contributed by atoms with van der Waals surface area (Å²) in [6, 6.07) is 0. The molecule has 0 amide bonds. The number of ether oxygens (including phenoxy) is 2. The monoisotopic (exact) mass is 103 g/mol. The van der Waals surface area contributed by atoms with Crippen LogP contribution in [0.1, 0.15) is 0 Å². The van der Waals surface area contributed by atoms with Crippen LogP contribution in [0.2, 0.25) is 0 Å². The average molecular weight is 103 g/mol. The van der Waals surface area contributed by atoms with Gasteiger partial charge in [0.1, 0.15) is 6.61 Å². The number of hydrogen-bond acceptors (Lipinski definition) is 4. The van der Waals surface area contributed by atoms with Gasteiger partial charge in [0.25, 0.3) is 5.90 Å². The molecule has 0 saturated carbocycles. The first kappa shape index (κ1) is 4.39. The van der Waals surface area contributed by atoms with E-state index in [-0.39, 0.29) is 19.3 Å². The standard InChI is InChI=1S/C3H5NO3/c5-4-3-1-6-2-7-3/h5H,1-2H2/b4-3-. The lowest BCUT2D eigenvalue weighted by molar-refractivity contribution is 0.0880. The van der Waals surface area contributed by atoms with Crippen molar-refractivity contribution in [1.82, 2.24) is 0 Å². The molecule has 40 valence electrons. The van der Waals surface area contributed by atoms with Gasteiger partial charge in [-0.15, -0.1) is 0 Å². The zero-order valence-electron chi connectivity index (χ0n) is 3.63. The summed E-state index contributed by atoms with van der Waals surface area (Å²) in [6.07, 6.45) is 0. The molecule has 0 aromatic rings. The minimum absolute atomic E-state index is 0.208. The van der Waals surface area contributed by atoms with Crippen LogP contribution in [-0.2, 0) is 9.47 Å². The van der Waals surface area contributed by atoms with Gasteiger partial charge in [-0.2, -0.15) is 0 Å². The molecule has 0 spiro atoms. The van der Waals surface area contributed by atoms with Crippen molar-refractivity contribution in [2.75, 3.05) is 13.4 Å². The summed E-state index contributed by atoms with van der Waals surface area (Å²) in [5.41, 5.74) is 0. The summed E-state index contributed by atoms with van der Waals surface area (Å²) < 4.78 is 9.21. The molecule has 0 atom stereocenters. The van der Waals surface area contributed by atoms with Crippen LogP contribution in [0, 0.1) is 0 Å². The van der Waals surface area contributed by atoms with Crippen molar-refractivity contribution in [2.45, 2.75) is 0 Å². The maximum atomic E-state index is 7.95. The van der Waals surface area contributed by atoms with Crippen molar-refractivity contribution >= 4 is 5.90 Å². The van der Waals surface area contributed by atoms with E-state index < -0.39 is 0 Å². The molecular formula is C3H5NO3. The Bertz CT molecular complexity index is 82.2. The quantitative estimate of drug-likeness (QED) is 0.340. The van der Waals surface area contributed by atoms with E-state index in [1.807, 2.05) is 0 Å². The molecule has 4 heteroatoms. The second-order valence-electron chi connectivity index (χ2n) is 1.10. The Balaban J connectivity index is 2.41. The molecular weight excluding hydrogens is 98.0 g/mol. The average Bonchev–Trinajstić information content (AvgIpc) is 2.14. The lowest BCUT2D eigenvalue weighted by Gasteiger charge is -1.84. The number of rotatable bonds is 0. The molecule has 1 aliphatic rings. The van der Waals surface area contributed by atoms with Crippen molar-refractivity contribution in [3.63, 3.8) is 0 Å². The molecule has 0 aliphatic carbocycles. The van der Waals surface area contributed by atoms with Gasteiger partial charge in [-0.05, 0) is 0 Å². The third-order valence-corrected chi connectivity index (χ3v) is 0.646. The van der Waals surface area contributed by atoms with E-state index in [1.165, 1.54) is 0 Å². The Hall–Kier alpha value is -0.770. The van der Waals surface area contributed by atoms with Crippen molar-refractivity contribution in [3.05, 3.63) is 0 Å². The van der Waals surface area contributed by atoms with Gasteiger partial charge in [0.2, 0.25) is 0 Å². The number of hydrogen-bond donors (Lipinski definition) is 1. The first-order chi connectivity index (χ1) is 3.43. The van der Waals surface area contributed by atoms with Crippen molar-refractivity contribution in [3.8, 4) is 0 Å². The van der Waals surface area contributed by atoms with E-state index in [2.05, 4.69) is 14.6 Å². The lowest BCUT2D eigenvalue weighted by atomic mass is 10.7. The summed E-state index contributed by atoms with van der Waals surface area (Å²) in [4.78, 5) is 0. The fraction of sp³-hybridized carbons (Fsp3) is 0.667. The molecule has 0 radical (unpaired) electrons. The fourth-order valence-electron chi connectivity index (χ4n) is 0.338. The number of nitrogens with zero attached hydrogens (tertiary/aromatic N) is 1. The number of oxime groups is 1. The highest BCUT2D eigenvalue weighted by molar-refractivity contribution is 5.77. The van der Waals surface area contributed by atoms with Crippen LogP contribution < -0.4 is 0 Å². The summed E-state index contributed by atoms with van der Waals surface area (Å²) >= 11 is 0. The smallest absolute Gasteiger partial charge is 0.254 e. The van der Waals surface area contributed by atoms with Crippen molar-refractivity contribution in [1.29, 1.82) is 0 Å². The Morgan fingerprint density at radius 3 is 2.86 bits per heavy atom. The molecule has 0 bridgehead atoms. The Kier molecular flexibility index (Phi) is 1.12. The van der Waals surface area contributed by atoms with E-state index in [0.717, 1.165) is 0 Å². The molecule has 1 rings (SSSR count). The highest BCUT2D eigenvalue weighted by atomic mass is 16.7. The largest absolute Gasteiger partial charge is 0.450 e. The summed E-state index contributed by atoms with van der Waals surface area (Å²) in [5, 5.41) is 10.7. The Morgan fingerprint density at radius 2 is 2.57 bits per heavy atom. The van der Waals surface area contributed by atoms with Crippen molar-refractivity contribution in [2.24, 2.45) is 5.16 Å². The minimum Gasteiger partial charge on any atom is -0.450 e. The molecule has 1 N–H and O–H groups in total. The van der Waals surface area contributed by atoms with E-state index in [4.69, 9.17) is 5.21 Å². The van der Waals surface area contributed by atoms with Crippen LogP contribution >= 0.6 is 0 Å².